The highest BCUT2D eigenvalue weighted by Gasteiger charge is 2.17. The van der Waals surface area contributed by atoms with Crippen LogP contribution in [0.15, 0.2) is 78.9 Å². The van der Waals surface area contributed by atoms with Crippen LogP contribution in [0.4, 0.5) is 11.4 Å². The number of amides is 2. The first-order chi connectivity index (χ1) is 15.3. The van der Waals surface area contributed by atoms with E-state index in [0.717, 1.165) is 5.69 Å². The maximum Gasteiger partial charge on any atom is 0.262 e. The molecule has 5 heteroatoms. The number of hydrogen-bond donors (Lipinski definition) is 1. The van der Waals surface area contributed by atoms with E-state index >= 15 is 0 Å². The number of nitrogens with zero attached hydrogens (tertiary/aromatic N) is 1. The molecule has 0 saturated carbocycles. The molecule has 0 spiro atoms. The van der Waals surface area contributed by atoms with Gasteiger partial charge in [-0.05, 0) is 60.4 Å². The monoisotopic (exact) mass is 430 g/mol. The molecule has 0 saturated heterocycles. The third-order valence-corrected chi connectivity index (χ3v) is 5.11. The van der Waals surface area contributed by atoms with Crippen molar-refractivity contribution in [1.82, 2.24) is 0 Å². The van der Waals surface area contributed by atoms with E-state index in [-0.39, 0.29) is 23.8 Å². The summed E-state index contributed by atoms with van der Waals surface area (Å²) in [6.45, 7) is 8.81. The van der Waals surface area contributed by atoms with Gasteiger partial charge in [0, 0.05) is 23.5 Å². The average Bonchev–Trinajstić information content (AvgIpc) is 2.79. The standard InChI is InChI=1S/C27H30N2O3/c1-5-29(23-12-7-6-8-13-23)26(31)20-10-9-11-22(18-20)28-25(30)19-32-24-16-14-21(15-17-24)27(2,3)4/h6-18H,5,19H2,1-4H3,(H,28,30). The number of benzene rings is 3. The Morgan fingerprint density at radius 1 is 0.906 bits per heavy atom. The van der Waals surface area contributed by atoms with E-state index in [4.69, 9.17) is 4.74 Å². The first-order valence-electron chi connectivity index (χ1n) is 10.8. The lowest BCUT2D eigenvalue weighted by Gasteiger charge is -2.21. The summed E-state index contributed by atoms with van der Waals surface area (Å²) in [5.74, 6) is 0.230. The fraction of sp³-hybridized carbons (Fsp3) is 0.259. The summed E-state index contributed by atoms with van der Waals surface area (Å²) in [4.78, 5) is 27.1. The van der Waals surface area contributed by atoms with Crippen molar-refractivity contribution in [3.8, 4) is 5.75 Å². The third-order valence-electron chi connectivity index (χ3n) is 5.11. The molecule has 3 aromatic rings. The summed E-state index contributed by atoms with van der Waals surface area (Å²) in [6, 6.07) is 24.2. The average molecular weight is 431 g/mol. The van der Waals surface area contributed by atoms with Gasteiger partial charge in [-0.2, -0.15) is 0 Å². The minimum atomic E-state index is -0.287. The summed E-state index contributed by atoms with van der Waals surface area (Å²) >= 11 is 0. The molecule has 0 fully saturated rings. The second-order valence-corrected chi connectivity index (χ2v) is 8.58. The largest absolute Gasteiger partial charge is 0.484 e. The fourth-order valence-electron chi connectivity index (χ4n) is 3.33. The van der Waals surface area contributed by atoms with Gasteiger partial charge in [0.15, 0.2) is 6.61 Å². The molecule has 0 aliphatic carbocycles. The molecule has 0 aliphatic rings. The Morgan fingerprint density at radius 3 is 2.22 bits per heavy atom. The molecule has 0 aromatic heterocycles. The Balaban J connectivity index is 1.61. The van der Waals surface area contributed by atoms with Crippen LogP contribution in [0, 0.1) is 0 Å². The van der Waals surface area contributed by atoms with Crippen molar-refractivity contribution in [2.24, 2.45) is 0 Å². The van der Waals surface area contributed by atoms with Gasteiger partial charge in [0.2, 0.25) is 0 Å². The van der Waals surface area contributed by atoms with Crippen molar-refractivity contribution in [1.29, 1.82) is 0 Å². The Bertz CT molecular complexity index is 1050. The normalized spacial score (nSPS) is 11.0. The van der Waals surface area contributed by atoms with E-state index in [1.54, 1.807) is 29.2 Å². The molecule has 0 unspecified atom stereocenters. The zero-order chi connectivity index (χ0) is 23.1. The van der Waals surface area contributed by atoms with Crippen LogP contribution < -0.4 is 15.0 Å². The van der Waals surface area contributed by atoms with E-state index < -0.39 is 0 Å². The predicted octanol–water partition coefficient (Wildman–Crippen LogP) is 5.67. The first kappa shape index (κ1) is 23.1. The topological polar surface area (TPSA) is 58.6 Å². The minimum absolute atomic E-state index is 0.0617. The number of ether oxygens (including phenoxy) is 1. The summed E-state index contributed by atoms with van der Waals surface area (Å²) in [6.07, 6.45) is 0. The van der Waals surface area contributed by atoms with Crippen LogP contribution in [-0.4, -0.2) is 25.0 Å². The maximum atomic E-state index is 13.0. The molecule has 2 amide bonds. The van der Waals surface area contributed by atoms with Gasteiger partial charge in [0.1, 0.15) is 5.75 Å². The Kier molecular flexibility index (Phi) is 7.31. The van der Waals surface area contributed by atoms with Crippen molar-refractivity contribution in [2.45, 2.75) is 33.1 Å². The Hall–Kier alpha value is -3.60. The van der Waals surface area contributed by atoms with Crippen LogP contribution in [0.1, 0.15) is 43.6 Å². The summed E-state index contributed by atoms with van der Waals surface area (Å²) in [5, 5.41) is 2.81. The van der Waals surface area contributed by atoms with Gasteiger partial charge in [-0.3, -0.25) is 9.59 Å². The quantitative estimate of drug-likeness (QED) is 0.525. The van der Waals surface area contributed by atoms with Gasteiger partial charge < -0.3 is 15.0 Å². The highest BCUT2D eigenvalue weighted by molar-refractivity contribution is 6.07. The molecule has 5 nitrogen and oxygen atoms in total. The number of anilines is 2. The van der Waals surface area contributed by atoms with Crippen molar-refractivity contribution in [3.05, 3.63) is 90.0 Å². The zero-order valence-corrected chi connectivity index (χ0v) is 19.1. The molecule has 166 valence electrons. The summed E-state index contributed by atoms with van der Waals surface area (Å²) in [7, 11) is 0. The van der Waals surface area contributed by atoms with E-state index in [1.165, 1.54) is 5.56 Å². The van der Waals surface area contributed by atoms with Gasteiger partial charge >= 0.3 is 0 Å². The number of rotatable bonds is 7. The van der Waals surface area contributed by atoms with E-state index in [9.17, 15) is 9.59 Å². The van der Waals surface area contributed by atoms with Crippen molar-refractivity contribution in [3.63, 3.8) is 0 Å². The van der Waals surface area contributed by atoms with Crippen LogP contribution in [0.2, 0.25) is 0 Å². The van der Waals surface area contributed by atoms with Gasteiger partial charge in [0.05, 0.1) is 0 Å². The highest BCUT2D eigenvalue weighted by Crippen LogP contribution is 2.24. The molecule has 32 heavy (non-hydrogen) atoms. The van der Waals surface area contributed by atoms with E-state index in [0.29, 0.717) is 23.5 Å². The molecule has 3 aromatic carbocycles. The molecular weight excluding hydrogens is 400 g/mol. The molecule has 0 bridgehead atoms. The first-order valence-corrected chi connectivity index (χ1v) is 10.8. The predicted molar refractivity (Wildman–Crippen MR) is 130 cm³/mol. The second-order valence-electron chi connectivity index (χ2n) is 8.58. The van der Waals surface area contributed by atoms with Gasteiger partial charge in [0.25, 0.3) is 11.8 Å². The number of carbonyl (C=O) groups is 2. The molecule has 0 atom stereocenters. The van der Waals surface area contributed by atoms with Crippen LogP contribution in [-0.2, 0) is 10.2 Å². The van der Waals surface area contributed by atoms with Crippen LogP contribution in [0.5, 0.6) is 5.75 Å². The SMILES string of the molecule is CCN(C(=O)c1cccc(NC(=O)COc2ccc(C(C)(C)C)cc2)c1)c1ccccc1. The van der Waals surface area contributed by atoms with Crippen LogP contribution in [0.25, 0.3) is 0 Å². The Labute approximate surface area is 190 Å². The lowest BCUT2D eigenvalue weighted by atomic mass is 9.87. The maximum absolute atomic E-state index is 13.0. The lowest BCUT2D eigenvalue weighted by molar-refractivity contribution is -0.118. The van der Waals surface area contributed by atoms with Gasteiger partial charge in [-0.15, -0.1) is 0 Å². The molecule has 1 N–H and O–H groups in total. The van der Waals surface area contributed by atoms with Crippen LogP contribution >= 0.6 is 0 Å². The van der Waals surface area contributed by atoms with Gasteiger partial charge in [-0.25, -0.2) is 0 Å². The molecule has 0 radical (unpaired) electrons. The van der Waals surface area contributed by atoms with Crippen molar-refractivity contribution < 1.29 is 14.3 Å². The second kappa shape index (κ2) is 10.1. The van der Waals surface area contributed by atoms with Crippen molar-refractivity contribution >= 4 is 23.2 Å². The molecule has 0 heterocycles. The molecule has 3 rings (SSSR count). The number of hydrogen-bond acceptors (Lipinski definition) is 3. The summed E-state index contributed by atoms with van der Waals surface area (Å²) < 4.78 is 5.61. The molecule has 0 aliphatic heterocycles. The summed E-state index contributed by atoms with van der Waals surface area (Å²) in [5.41, 5.74) is 3.16. The zero-order valence-electron chi connectivity index (χ0n) is 19.1. The van der Waals surface area contributed by atoms with E-state index in [2.05, 4.69) is 26.1 Å². The van der Waals surface area contributed by atoms with Crippen LogP contribution in [0.3, 0.4) is 0 Å². The number of nitrogens with one attached hydrogen (secondary N) is 1. The lowest BCUT2D eigenvalue weighted by Crippen LogP contribution is -2.30. The van der Waals surface area contributed by atoms with Crippen molar-refractivity contribution in [2.75, 3.05) is 23.4 Å². The smallest absolute Gasteiger partial charge is 0.262 e. The third kappa shape index (κ3) is 5.97. The highest BCUT2D eigenvalue weighted by atomic mass is 16.5. The fourth-order valence-corrected chi connectivity index (χ4v) is 3.33. The van der Waals surface area contributed by atoms with E-state index in [1.807, 2.05) is 61.5 Å². The van der Waals surface area contributed by atoms with Gasteiger partial charge in [-0.1, -0.05) is 57.2 Å². The number of carbonyl (C=O) groups excluding carboxylic acids is 2. The molecular formula is C27H30N2O3. The minimum Gasteiger partial charge on any atom is -0.484 e. The number of para-hydroxylation sites is 1. The Morgan fingerprint density at radius 2 is 1.59 bits per heavy atom.